The van der Waals surface area contributed by atoms with Gasteiger partial charge in [-0.05, 0) is 18.2 Å². The van der Waals surface area contributed by atoms with E-state index in [2.05, 4.69) is 15.5 Å². The number of fused-ring (bicyclic) bond motifs is 1. The van der Waals surface area contributed by atoms with Crippen LogP contribution >= 0.6 is 23.2 Å². The molecule has 1 amide bonds. The van der Waals surface area contributed by atoms with Crippen LogP contribution in [0.4, 0.5) is 0 Å². The molecule has 0 radical (unpaired) electrons. The number of sulfone groups is 1. The molecular weight excluding hydrogens is 497 g/mol. The molecule has 2 aromatic heterocycles. The molecule has 1 aliphatic heterocycles. The lowest BCUT2D eigenvalue weighted by molar-refractivity contribution is 0.0804. The fraction of sp³-hybridized carbons (Fsp3) is 0.174. The van der Waals surface area contributed by atoms with Crippen LogP contribution < -0.4 is 5.43 Å². The van der Waals surface area contributed by atoms with Crippen LogP contribution in [0.1, 0.15) is 10.4 Å². The number of rotatable bonds is 4. The van der Waals surface area contributed by atoms with Crippen LogP contribution in [0.15, 0.2) is 60.9 Å². The zero-order valence-corrected chi connectivity index (χ0v) is 20.1. The summed E-state index contributed by atoms with van der Waals surface area (Å²) in [5.41, 5.74) is 6.46. The molecule has 0 spiro atoms. The fourth-order valence-electron chi connectivity index (χ4n) is 3.88. The number of halogens is 2. The maximum Gasteiger partial charge on any atom is 0.271 e. The quantitative estimate of drug-likeness (QED) is 0.444. The van der Waals surface area contributed by atoms with Gasteiger partial charge >= 0.3 is 0 Å². The van der Waals surface area contributed by atoms with Crippen molar-refractivity contribution >= 4 is 44.6 Å². The van der Waals surface area contributed by atoms with Gasteiger partial charge in [-0.15, -0.1) is 0 Å². The summed E-state index contributed by atoms with van der Waals surface area (Å²) in [6.07, 6.45) is 3.13. The molecule has 174 valence electrons. The van der Waals surface area contributed by atoms with Crippen molar-refractivity contribution in [1.29, 1.82) is 0 Å². The highest BCUT2D eigenvalue weighted by molar-refractivity contribution is 7.91. The normalized spacial score (nSPS) is 15.9. The van der Waals surface area contributed by atoms with Crippen LogP contribution in [0.25, 0.3) is 28.0 Å². The second-order valence-corrected chi connectivity index (χ2v) is 11.0. The zero-order chi connectivity index (χ0) is 23.9. The summed E-state index contributed by atoms with van der Waals surface area (Å²) < 4.78 is 25.0. The van der Waals surface area contributed by atoms with Crippen LogP contribution in [0.2, 0.25) is 10.0 Å². The Kier molecular flexibility index (Phi) is 6.03. The van der Waals surface area contributed by atoms with Gasteiger partial charge in [-0.1, -0.05) is 53.5 Å². The van der Waals surface area contributed by atoms with Crippen molar-refractivity contribution in [1.82, 2.24) is 25.0 Å². The lowest BCUT2D eigenvalue weighted by Gasteiger charge is -2.26. The second-order valence-electron chi connectivity index (χ2n) is 7.88. The molecule has 8 nitrogen and oxygen atoms in total. The predicted molar refractivity (Wildman–Crippen MR) is 132 cm³/mol. The first-order valence-corrected chi connectivity index (χ1v) is 13.0. The average Bonchev–Trinajstić information content (AvgIpc) is 3.25. The largest absolute Gasteiger partial charge is 0.285 e. The molecule has 4 aromatic rings. The van der Waals surface area contributed by atoms with Crippen LogP contribution in [0.3, 0.4) is 0 Å². The first kappa shape index (κ1) is 22.8. The first-order valence-electron chi connectivity index (χ1n) is 10.5. The minimum absolute atomic E-state index is 0.00218. The van der Waals surface area contributed by atoms with Crippen LogP contribution in [0, 0.1) is 0 Å². The van der Waals surface area contributed by atoms with Crippen LogP contribution in [-0.2, 0) is 9.84 Å². The number of aromatic nitrogens is 3. The number of amides is 1. The second kappa shape index (κ2) is 8.99. The van der Waals surface area contributed by atoms with E-state index >= 15 is 0 Å². The summed E-state index contributed by atoms with van der Waals surface area (Å²) in [6, 6.07) is 14.7. The SMILES string of the molecule is O=C(NN1CCS(=O)(=O)CC1)c1cnn2c(-c3ccc(Cl)cc3)c(-c3ccccc3Cl)cnc12. The Labute approximate surface area is 206 Å². The third kappa shape index (κ3) is 4.39. The zero-order valence-electron chi connectivity index (χ0n) is 17.8. The minimum Gasteiger partial charge on any atom is -0.285 e. The third-order valence-electron chi connectivity index (χ3n) is 5.66. The van der Waals surface area contributed by atoms with E-state index in [4.69, 9.17) is 23.2 Å². The van der Waals surface area contributed by atoms with Gasteiger partial charge in [0.05, 0.1) is 23.4 Å². The highest BCUT2D eigenvalue weighted by atomic mass is 35.5. The van der Waals surface area contributed by atoms with Gasteiger partial charge < -0.3 is 0 Å². The van der Waals surface area contributed by atoms with Crippen molar-refractivity contribution < 1.29 is 13.2 Å². The van der Waals surface area contributed by atoms with Gasteiger partial charge in [-0.2, -0.15) is 5.10 Å². The number of hydrazine groups is 1. The van der Waals surface area contributed by atoms with Crippen LogP contribution in [-0.4, -0.2) is 58.5 Å². The van der Waals surface area contributed by atoms with Crippen LogP contribution in [0.5, 0.6) is 0 Å². The molecule has 0 unspecified atom stereocenters. The third-order valence-corrected chi connectivity index (χ3v) is 7.85. The van der Waals surface area contributed by atoms with Gasteiger partial charge in [0.15, 0.2) is 15.5 Å². The fourth-order valence-corrected chi connectivity index (χ4v) is 5.45. The summed E-state index contributed by atoms with van der Waals surface area (Å²) in [5.74, 6) is -0.404. The molecule has 5 rings (SSSR count). The lowest BCUT2D eigenvalue weighted by atomic mass is 10.0. The smallest absolute Gasteiger partial charge is 0.271 e. The van der Waals surface area contributed by atoms with Gasteiger partial charge in [0.25, 0.3) is 5.91 Å². The van der Waals surface area contributed by atoms with E-state index in [1.807, 2.05) is 30.3 Å². The Hall–Kier alpha value is -2.98. The summed E-state index contributed by atoms with van der Waals surface area (Å²) in [6.45, 7) is 0.459. The molecule has 1 aliphatic rings. The predicted octanol–water partition coefficient (Wildman–Crippen LogP) is 3.75. The molecule has 0 saturated carbocycles. The topological polar surface area (TPSA) is 96.7 Å². The van der Waals surface area contributed by atoms with Gasteiger partial charge in [-0.25, -0.2) is 22.9 Å². The molecule has 1 fully saturated rings. The maximum absolute atomic E-state index is 13.0. The van der Waals surface area contributed by atoms with Crippen molar-refractivity contribution in [3.63, 3.8) is 0 Å². The number of carbonyl (C=O) groups is 1. The summed E-state index contributed by atoms with van der Waals surface area (Å²) in [4.78, 5) is 17.6. The number of hydrogen-bond donors (Lipinski definition) is 1. The highest BCUT2D eigenvalue weighted by Gasteiger charge is 2.25. The van der Waals surface area contributed by atoms with Crippen molar-refractivity contribution in [2.24, 2.45) is 0 Å². The molecular formula is C23H19Cl2N5O3S. The first-order chi connectivity index (χ1) is 16.3. The Morgan fingerprint density at radius 3 is 2.35 bits per heavy atom. The maximum atomic E-state index is 13.0. The number of nitrogens with one attached hydrogen (secondary N) is 1. The highest BCUT2D eigenvalue weighted by Crippen LogP contribution is 2.36. The van der Waals surface area contributed by atoms with E-state index < -0.39 is 15.7 Å². The number of benzene rings is 2. The molecule has 11 heteroatoms. The Bertz CT molecular complexity index is 1490. The molecule has 3 heterocycles. The van der Waals surface area contributed by atoms with E-state index in [1.54, 1.807) is 33.9 Å². The number of hydrogen-bond acceptors (Lipinski definition) is 6. The number of nitrogens with zero attached hydrogens (tertiary/aromatic N) is 4. The number of carbonyl (C=O) groups excluding carboxylic acids is 1. The molecule has 1 N–H and O–H groups in total. The van der Waals surface area contributed by atoms with E-state index in [0.717, 1.165) is 16.7 Å². The van der Waals surface area contributed by atoms with E-state index in [1.165, 1.54) is 6.20 Å². The molecule has 34 heavy (non-hydrogen) atoms. The Morgan fingerprint density at radius 1 is 0.941 bits per heavy atom. The monoisotopic (exact) mass is 515 g/mol. The minimum atomic E-state index is -3.06. The van der Waals surface area contributed by atoms with Crippen molar-refractivity contribution in [2.75, 3.05) is 24.6 Å². The van der Waals surface area contributed by atoms with Crippen molar-refractivity contribution in [2.45, 2.75) is 0 Å². The van der Waals surface area contributed by atoms with E-state index in [-0.39, 0.29) is 30.2 Å². The molecule has 0 bridgehead atoms. The van der Waals surface area contributed by atoms with Gasteiger partial charge in [-0.3, -0.25) is 10.2 Å². The lowest BCUT2D eigenvalue weighted by Crippen LogP contribution is -2.50. The van der Waals surface area contributed by atoms with E-state index in [0.29, 0.717) is 21.4 Å². The standard InChI is InChI=1S/C23H19Cl2N5O3S/c24-16-7-5-15(6-8-16)21-18(17-3-1-2-4-20(17)25)13-26-22-19(14-27-30(21)22)23(31)28-29-9-11-34(32,33)12-10-29/h1-8,13-14H,9-12H2,(H,28,31). The van der Waals surface area contributed by atoms with Gasteiger partial charge in [0.1, 0.15) is 5.56 Å². The molecule has 0 atom stereocenters. The summed E-state index contributed by atoms with van der Waals surface area (Å²) >= 11 is 12.6. The van der Waals surface area contributed by atoms with Gasteiger partial charge in [0.2, 0.25) is 0 Å². The Balaban J connectivity index is 1.59. The summed E-state index contributed by atoms with van der Waals surface area (Å²) in [5, 5.41) is 7.23. The Morgan fingerprint density at radius 2 is 1.65 bits per heavy atom. The van der Waals surface area contributed by atoms with E-state index in [9.17, 15) is 13.2 Å². The molecule has 0 aliphatic carbocycles. The van der Waals surface area contributed by atoms with Crippen molar-refractivity contribution in [3.8, 4) is 22.4 Å². The van der Waals surface area contributed by atoms with Gasteiger partial charge in [0, 0.05) is 46.0 Å². The molecule has 1 saturated heterocycles. The average molecular weight is 516 g/mol. The van der Waals surface area contributed by atoms with Crippen molar-refractivity contribution in [3.05, 3.63) is 76.5 Å². The summed E-state index contributed by atoms with van der Waals surface area (Å²) in [7, 11) is -3.06. The molecule has 2 aromatic carbocycles.